The van der Waals surface area contributed by atoms with Crippen LogP contribution >= 0.6 is 0 Å². The third-order valence-corrected chi connectivity index (χ3v) is 3.65. The van der Waals surface area contributed by atoms with Crippen molar-refractivity contribution in [3.05, 3.63) is 11.6 Å². The number of rotatable bonds is 6. The molecule has 0 bridgehead atoms. The van der Waals surface area contributed by atoms with E-state index in [4.69, 9.17) is 10.5 Å². The topological polar surface area (TPSA) is 108 Å². The standard InChI is InChI=1S/C12H22N2O5S/c1-4-5-19-10-7-8(12(15)18-2)6-9(13)11(10)14-20(3,16)17/h7,9-11,14H,4-6,13H2,1-3H3. The van der Waals surface area contributed by atoms with Crippen LogP contribution in [0.2, 0.25) is 0 Å². The van der Waals surface area contributed by atoms with Gasteiger partial charge in [0.15, 0.2) is 0 Å². The lowest BCUT2D eigenvalue weighted by Gasteiger charge is -2.34. The zero-order chi connectivity index (χ0) is 15.3. The quantitative estimate of drug-likeness (QED) is 0.642. The van der Waals surface area contributed by atoms with Crippen LogP contribution in [0, 0.1) is 0 Å². The van der Waals surface area contributed by atoms with Crippen molar-refractivity contribution < 1.29 is 22.7 Å². The minimum atomic E-state index is -3.41. The Balaban J connectivity index is 2.98. The Hall–Kier alpha value is -0.960. The molecule has 3 unspecified atom stereocenters. The molecular formula is C12H22N2O5S. The van der Waals surface area contributed by atoms with Crippen LogP contribution in [0.1, 0.15) is 19.8 Å². The monoisotopic (exact) mass is 306 g/mol. The molecule has 116 valence electrons. The number of ether oxygens (including phenoxy) is 2. The van der Waals surface area contributed by atoms with Gasteiger partial charge in [0.05, 0.1) is 25.5 Å². The number of carbonyl (C=O) groups excluding carboxylic acids is 1. The fourth-order valence-corrected chi connectivity index (χ4v) is 2.89. The van der Waals surface area contributed by atoms with Crippen molar-refractivity contribution in [3.63, 3.8) is 0 Å². The molecule has 8 heteroatoms. The van der Waals surface area contributed by atoms with Crippen molar-refractivity contribution in [1.82, 2.24) is 4.72 Å². The molecule has 3 atom stereocenters. The highest BCUT2D eigenvalue weighted by Gasteiger charge is 2.35. The second kappa shape index (κ2) is 7.16. The Bertz CT molecular complexity index is 474. The summed E-state index contributed by atoms with van der Waals surface area (Å²) < 4.78 is 35.5. The molecule has 0 spiro atoms. The van der Waals surface area contributed by atoms with E-state index in [1.54, 1.807) is 6.08 Å². The van der Waals surface area contributed by atoms with E-state index < -0.39 is 34.2 Å². The Morgan fingerprint density at radius 3 is 2.70 bits per heavy atom. The van der Waals surface area contributed by atoms with E-state index >= 15 is 0 Å². The molecule has 0 amide bonds. The second-order valence-corrected chi connectivity index (χ2v) is 6.58. The smallest absolute Gasteiger partial charge is 0.333 e. The Morgan fingerprint density at radius 2 is 2.20 bits per heavy atom. The molecule has 0 aromatic rings. The molecule has 1 aliphatic rings. The van der Waals surface area contributed by atoms with Crippen molar-refractivity contribution in [3.8, 4) is 0 Å². The first kappa shape index (κ1) is 17.1. The molecule has 0 radical (unpaired) electrons. The van der Waals surface area contributed by atoms with Gasteiger partial charge in [0.25, 0.3) is 0 Å². The van der Waals surface area contributed by atoms with Gasteiger partial charge in [-0.25, -0.2) is 17.9 Å². The summed E-state index contributed by atoms with van der Waals surface area (Å²) in [6.07, 6.45) is 3.09. The third-order valence-electron chi connectivity index (χ3n) is 2.95. The number of esters is 1. The molecule has 0 saturated carbocycles. The number of methoxy groups -OCH3 is 1. The Morgan fingerprint density at radius 1 is 1.55 bits per heavy atom. The zero-order valence-electron chi connectivity index (χ0n) is 12.0. The largest absolute Gasteiger partial charge is 0.466 e. The molecule has 0 aromatic carbocycles. The lowest BCUT2D eigenvalue weighted by Crippen LogP contribution is -2.56. The van der Waals surface area contributed by atoms with Gasteiger partial charge < -0.3 is 15.2 Å². The first-order valence-electron chi connectivity index (χ1n) is 6.42. The molecule has 3 N–H and O–H groups in total. The summed E-state index contributed by atoms with van der Waals surface area (Å²) in [5.74, 6) is -0.469. The molecule has 0 aromatic heterocycles. The van der Waals surface area contributed by atoms with Gasteiger partial charge in [0, 0.05) is 18.2 Å². The summed E-state index contributed by atoms with van der Waals surface area (Å²) in [5.41, 5.74) is 6.39. The van der Waals surface area contributed by atoms with E-state index in [0.717, 1.165) is 12.7 Å². The van der Waals surface area contributed by atoms with Crippen molar-refractivity contribution in [2.45, 2.75) is 38.0 Å². The molecule has 7 nitrogen and oxygen atoms in total. The highest BCUT2D eigenvalue weighted by molar-refractivity contribution is 7.88. The Kier molecular flexibility index (Phi) is 6.12. The van der Waals surface area contributed by atoms with Crippen LogP contribution in [0.15, 0.2) is 11.6 Å². The number of nitrogens with two attached hydrogens (primary N) is 1. The van der Waals surface area contributed by atoms with Crippen molar-refractivity contribution in [2.75, 3.05) is 20.0 Å². The Labute approximate surface area is 119 Å². The molecular weight excluding hydrogens is 284 g/mol. The zero-order valence-corrected chi connectivity index (χ0v) is 12.8. The van der Waals surface area contributed by atoms with E-state index in [2.05, 4.69) is 9.46 Å². The first-order chi connectivity index (χ1) is 9.28. The molecule has 0 fully saturated rings. The van der Waals surface area contributed by atoms with Crippen LogP contribution in [0.4, 0.5) is 0 Å². The summed E-state index contributed by atoms with van der Waals surface area (Å²) in [4.78, 5) is 11.6. The van der Waals surface area contributed by atoms with Crippen LogP contribution in [-0.2, 0) is 24.3 Å². The van der Waals surface area contributed by atoms with Crippen LogP contribution in [0.25, 0.3) is 0 Å². The van der Waals surface area contributed by atoms with Gasteiger partial charge in [0.2, 0.25) is 10.0 Å². The van der Waals surface area contributed by atoms with Crippen molar-refractivity contribution in [2.24, 2.45) is 5.73 Å². The summed E-state index contributed by atoms with van der Waals surface area (Å²) in [6.45, 7) is 2.39. The number of carbonyl (C=O) groups is 1. The average Bonchev–Trinajstić information content (AvgIpc) is 2.36. The normalized spacial score (nSPS) is 27.0. The van der Waals surface area contributed by atoms with Gasteiger partial charge in [-0.3, -0.25) is 0 Å². The summed E-state index contributed by atoms with van der Waals surface area (Å²) in [5, 5.41) is 0. The van der Waals surface area contributed by atoms with Gasteiger partial charge >= 0.3 is 5.97 Å². The van der Waals surface area contributed by atoms with Crippen LogP contribution < -0.4 is 10.5 Å². The number of nitrogens with one attached hydrogen (secondary N) is 1. The van der Waals surface area contributed by atoms with Gasteiger partial charge in [-0.15, -0.1) is 0 Å². The molecule has 0 heterocycles. The molecule has 1 aliphatic carbocycles. The summed E-state index contributed by atoms with van der Waals surface area (Å²) in [6, 6.07) is -1.14. The maximum Gasteiger partial charge on any atom is 0.333 e. The van der Waals surface area contributed by atoms with Crippen LogP contribution in [0.5, 0.6) is 0 Å². The van der Waals surface area contributed by atoms with E-state index in [1.807, 2.05) is 6.92 Å². The number of sulfonamides is 1. The van der Waals surface area contributed by atoms with Gasteiger partial charge in [-0.2, -0.15) is 0 Å². The highest BCUT2D eigenvalue weighted by atomic mass is 32.2. The fraction of sp³-hybridized carbons (Fsp3) is 0.750. The minimum absolute atomic E-state index is 0.242. The van der Waals surface area contributed by atoms with Gasteiger partial charge in [-0.1, -0.05) is 6.92 Å². The SMILES string of the molecule is CCCOC1C=C(C(=O)OC)CC(N)C1NS(C)(=O)=O. The molecule has 0 saturated heterocycles. The minimum Gasteiger partial charge on any atom is -0.466 e. The average molecular weight is 306 g/mol. The van der Waals surface area contributed by atoms with Crippen LogP contribution in [-0.4, -0.2) is 52.5 Å². The number of hydrogen-bond donors (Lipinski definition) is 2. The lowest BCUT2D eigenvalue weighted by atomic mass is 9.89. The summed E-state index contributed by atoms with van der Waals surface area (Å²) >= 11 is 0. The number of hydrogen-bond acceptors (Lipinski definition) is 6. The van der Waals surface area contributed by atoms with Gasteiger partial charge in [-0.05, 0) is 18.9 Å². The highest BCUT2D eigenvalue weighted by Crippen LogP contribution is 2.22. The van der Waals surface area contributed by atoms with E-state index in [-0.39, 0.29) is 6.42 Å². The van der Waals surface area contributed by atoms with E-state index in [9.17, 15) is 13.2 Å². The predicted molar refractivity (Wildman–Crippen MR) is 74.5 cm³/mol. The summed E-state index contributed by atoms with van der Waals surface area (Å²) in [7, 11) is -2.12. The molecule has 20 heavy (non-hydrogen) atoms. The second-order valence-electron chi connectivity index (χ2n) is 4.80. The maximum atomic E-state index is 11.6. The van der Waals surface area contributed by atoms with Crippen LogP contribution in [0.3, 0.4) is 0 Å². The third kappa shape index (κ3) is 4.86. The first-order valence-corrected chi connectivity index (χ1v) is 8.31. The molecule has 1 rings (SSSR count). The van der Waals surface area contributed by atoms with Gasteiger partial charge in [0.1, 0.15) is 0 Å². The molecule has 0 aliphatic heterocycles. The predicted octanol–water partition coefficient (Wildman–Crippen LogP) is -0.470. The van der Waals surface area contributed by atoms with E-state index in [0.29, 0.717) is 12.2 Å². The van der Waals surface area contributed by atoms with Crippen molar-refractivity contribution in [1.29, 1.82) is 0 Å². The maximum absolute atomic E-state index is 11.6. The van der Waals surface area contributed by atoms with E-state index in [1.165, 1.54) is 7.11 Å². The fourth-order valence-electron chi connectivity index (χ4n) is 2.08. The van der Waals surface area contributed by atoms with Crippen molar-refractivity contribution >= 4 is 16.0 Å². The lowest BCUT2D eigenvalue weighted by molar-refractivity contribution is -0.136.